The monoisotopic (exact) mass is 436 g/mol. The SMILES string of the molecule is C=C(C)OC(=O)N1CCN(c2ccc(Nc3cccc(-c4nccs4)n3)cc2)CC1N. The number of aromatic nitrogens is 2. The molecule has 1 amide bonds. The van der Waals surface area contributed by atoms with Gasteiger partial charge in [0.05, 0.1) is 12.3 Å². The van der Waals surface area contributed by atoms with E-state index in [-0.39, 0.29) is 0 Å². The van der Waals surface area contributed by atoms with Gasteiger partial charge in [-0.25, -0.2) is 14.8 Å². The minimum Gasteiger partial charge on any atom is -0.416 e. The Balaban J connectivity index is 1.38. The third-order valence-corrected chi connectivity index (χ3v) is 5.62. The molecule has 0 spiro atoms. The van der Waals surface area contributed by atoms with Gasteiger partial charge in [-0.05, 0) is 43.3 Å². The van der Waals surface area contributed by atoms with Crippen molar-refractivity contribution in [1.29, 1.82) is 0 Å². The third kappa shape index (κ3) is 5.01. The number of thiazole rings is 1. The molecule has 3 N–H and O–H groups in total. The number of allylic oxidation sites excluding steroid dienone is 1. The number of hydrogen-bond acceptors (Lipinski definition) is 8. The Hall–Kier alpha value is -3.43. The van der Waals surface area contributed by atoms with Crippen LogP contribution in [0.5, 0.6) is 0 Å². The van der Waals surface area contributed by atoms with E-state index in [4.69, 9.17) is 10.5 Å². The second kappa shape index (κ2) is 9.15. The molecule has 4 rings (SSSR count). The van der Waals surface area contributed by atoms with Crippen molar-refractivity contribution in [2.75, 3.05) is 29.9 Å². The van der Waals surface area contributed by atoms with Gasteiger partial charge in [0.15, 0.2) is 0 Å². The summed E-state index contributed by atoms with van der Waals surface area (Å²) in [5, 5.41) is 6.16. The Bertz CT molecular complexity index is 1050. The molecular weight excluding hydrogens is 412 g/mol. The normalized spacial score (nSPS) is 16.1. The van der Waals surface area contributed by atoms with Crippen LogP contribution in [0.15, 0.2) is 66.4 Å². The highest BCUT2D eigenvalue weighted by Gasteiger charge is 2.29. The number of nitrogens with two attached hydrogens (primary N) is 1. The van der Waals surface area contributed by atoms with Gasteiger partial charge in [-0.1, -0.05) is 12.6 Å². The van der Waals surface area contributed by atoms with Gasteiger partial charge >= 0.3 is 6.09 Å². The summed E-state index contributed by atoms with van der Waals surface area (Å²) in [6.07, 6.45) is 0.873. The van der Waals surface area contributed by atoms with Gasteiger partial charge in [0.1, 0.15) is 22.7 Å². The van der Waals surface area contributed by atoms with Gasteiger partial charge in [0.2, 0.25) is 0 Å². The van der Waals surface area contributed by atoms with Crippen LogP contribution in [0.1, 0.15) is 6.92 Å². The van der Waals surface area contributed by atoms with Gasteiger partial charge in [0, 0.05) is 36.0 Å². The average molecular weight is 437 g/mol. The molecule has 160 valence electrons. The number of carbonyl (C=O) groups is 1. The van der Waals surface area contributed by atoms with Crippen molar-refractivity contribution in [2.24, 2.45) is 5.73 Å². The van der Waals surface area contributed by atoms with Crippen molar-refractivity contribution in [1.82, 2.24) is 14.9 Å². The predicted molar refractivity (Wildman–Crippen MR) is 123 cm³/mol. The Morgan fingerprint density at radius 2 is 2.06 bits per heavy atom. The molecule has 1 unspecified atom stereocenters. The van der Waals surface area contributed by atoms with E-state index in [9.17, 15) is 4.79 Å². The minimum atomic E-state index is -0.452. The molecule has 0 aliphatic carbocycles. The zero-order valence-electron chi connectivity index (χ0n) is 17.2. The summed E-state index contributed by atoms with van der Waals surface area (Å²) >= 11 is 1.56. The molecule has 1 fully saturated rings. The number of hydrogen-bond donors (Lipinski definition) is 2. The second-order valence-electron chi connectivity index (χ2n) is 7.19. The zero-order chi connectivity index (χ0) is 21.8. The molecule has 0 radical (unpaired) electrons. The molecule has 0 bridgehead atoms. The standard InChI is InChI=1S/C22H24N6O2S/c1-15(2)30-22(29)28-12-11-27(14-19(28)23)17-8-6-16(7-9-17)25-20-5-3-4-18(26-20)21-24-10-13-31-21/h3-10,13,19H,1,11-12,14,23H2,2H3,(H,25,26). The summed E-state index contributed by atoms with van der Waals surface area (Å²) in [7, 11) is 0. The number of rotatable bonds is 5. The third-order valence-electron chi connectivity index (χ3n) is 4.82. The molecule has 1 atom stereocenters. The predicted octanol–water partition coefficient (Wildman–Crippen LogP) is 4.03. The van der Waals surface area contributed by atoms with Crippen LogP contribution in [0.4, 0.5) is 22.0 Å². The highest BCUT2D eigenvalue weighted by Crippen LogP contribution is 2.25. The average Bonchev–Trinajstić information content (AvgIpc) is 3.29. The van der Waals surface area contributed by atoms with E-state index < -0.39 is 12.3 Å². The highest BCUT2D eigenvalue weighted by molar-refractivity contribution is 7.13. The van der Waals surface area contributed by atoms with Crippen LogP contribution < -0.4 is 16.0 Å². The van der Waals surface area contributed by atoms with Gasteiger partial charge in [-0.3, -0.25) is 4.90 Å². The first-order valence-electron chi connectivity index (χ1n) is 9.88. The van der Waals surface area contributed by atoms with E-state index in [0.717, 1.165) is 27.9 Å². The van der Waals surface area contributed by atoms with Gasteiger partial charge in [-0.15, -0.1) is 11.3 Å². The van der Waals surface area contributed by atoms with Crippen LogP contribution >= 0.6 is 11.3 Å². The Labute approximate surface area is 185 Å². The fourth-order valence-electron chi connectivity index (χ4n) is 3.36. The molecule has 2 aromatic heterocycles. The van der Waals surface area contributed by atoms with E-state index in [0.29, 0.717) is 25.4 Å². The number of amides is 1. The molecule has 1 aromatic carbocycles. The van der Waals surface area contributed by atoms with Crippen LogP contribution in [0.25, 0.3) is 10.7 Å². The number of ether oxygens (including phenoxy) is 1. The highest BCUT2D eigenvalue weighted by atomic mass is 32.1. The number of pyridine rings is 1. The molecule has 31 heavy (non-hydrogen) atoms. The molecule has 8 nitrogen and oxygen atoms in total. The summed E-state index contributed by atoms with van der Waals surface area (Å²) < 4.78 is 5.08. The van der Waals surface area contributed by atoms with E-state index in [1.54, 1.807) is 24.5 Å². The fourth-order valence-corrected chi connectivity index (χ4v) is 3.96. The maximum atomic E-state index is 12.1. The van der Waals surface area contributed by atoms with Crippen molar-refractivity contribution < 1.29 is 9.53 Å². The van der Waals surface area contributed by atoms with Gasteiger partial charge in [0.25, 0.3) is 0 Å². The molecule has 9 heteroatoms. The fraction of sp³-hybridized carbons (Fsp3) is 0.227. The van der Waals surface area contributed by atoms with Crippen molar-refractivity contribution in [3.63, 3.8) is 0 Å². The summed E-state index contributed by atoms with van der Waals surface area (Å²) in [5.41, 5.74) is 9.01. The van der Waals surface area contributed by atoms with Crippen LogP contribution in [0.2, 0.25) is 0 Å². The quantitative estimate of drug-likeness (QED) is 0.583. The number of nitrogens with zero attached hydrogens (tertiary/aromatic N) is 4. The lowest BCUT2D eigenvalue weighted by Gasteiger charge is -2.39. The number of anilines is 3. The van der Waals surface area contributed by atoms with E-state index in [1.165, 1.54) is 4.90 Å². The van der Waals surface area contributed by atoms with Crippen LogP contribution in [-0.4, -0.2) is 46.8 Å². The van der Waals surface area contributed by atoms with Crippen molar-refractivity contribution in [2.45, 2.75) is 13.1 Å². The van der Waals surface area contributed by atoms with Crippen molar-refractivity contribution in [3.8, 4) is 10.7 Å². The topological polar surface area (TPSA) is 96.6 Å². The number of benzene rings is 1. The van der Waals surface area contributed by atoms with Crippen molar-refractivity contribution in [3.05, 3.63) is 66.4 Å². The molecule has 1 aliphatic heterocycles. The molecular formula is C22H24N6O2S. The molecule has 0 saturated carbocycles. The van der Waals surface area contributed by atoms with E-state index in [2.05, 4.69) is 26.8 Å². The largest absolute Gasteiger partial charge is 0.416 e. The Morgan fingerprint density at radius 3 is 2.74 bits per heavy atom. The lowest BCUT2D eigenvalue weighted by atomic mass is 10.2. The van der Waals surface area contributed by atoms with Crippen molar-refractivity contribution >= 4 is 34.6 Å². The lowest BCUT2D eigenvalue weighted by molar-refractivity contribution is 0.106. The van der Waals surface area contributed by atoms with Gasteiger partial charge in [-0.2, -0.15) is 0 Å². The molecule has 3 aromatic rings. The zero-order valence-corrected chi connectivity index (χ0v) is 18.0. The first-order valence-corrected chi connectivity index (χ1v) is 10.8. The Kier molecular flexibility index (Phi) is 6.15. The number of piperazine rings is 1. The van der Waals surface area contributed by atoms with E-state index in [1.807, 2.05) is 47.8 Å². The van der Waals surface area contributed by atoms with Crippen LogP contribution in [0, 0.1) is 0 Å². The maximum absolute atomic E-state index is 12.1. The smallest absolute Gasteiger partial charge is 0.416 e. The summed E-state index contributed by atoms with van der Waals surface area (Å²) in [6.45, 7) is 6.92. The molecule has 1 aliphatic rings. The van der Waals surface area contributed by atoms with E-state index >= 15 is 0 Å². The molecule has 3 heterocycles. The summed E-state index contributed by atoms with van der Waals surface area (Å²) in [5.74, 6) is 1.11. The second-order valence-corrected chi connectivity index (χ2v) is 8.09. The first-order chi connectivity index (χ1) is 15.0. The number of carbonyl (C=O) groups excluding carboxylic acids is 1. The first kappa shape index (κ1) is 20.8. The molecule has 1 saturated heterocycles. The van der Waals surface area contributed by atoms with Crippen LogP contribution in [-0.2, 0) is 4.74 Å². The lowest BCUT2D eigenvalue weighted by Crippen LogP contribution is -2.59. The maximum Gasteiger partial charge on any atom is 0.416 e. The van der Waals surface area contributed by atoms with Gasteiger partial charge < -0.3 is 20.7 Å². The summed E-state index contributed by atoms with van der Waals surface area (Å²) in [6, 6.07) is 13.9. The summed E-state index contributed by atoms with van der Waals surface area (Å²) in [4.78, 5) is 24.7. The minimum absolute atomic E-state index is 0.356. The number of nitrogens with one attached hydrogen (secondary N) is 1. The Morgan fingerprint density at radius 1 is 1.26 bits per heavy atom. The van der Waals surface area contributed by atoms with Crippen LogP contribution in [0.3, 0.4) is 0 Å².